The molecule has 0 saturated carbocycles. The van der Waals surface area contributed by atoms with Gasteiger partial charge in [0.25, 0.3) is 5.91 Å². The third kappa shape index (κ3) is 3.55. The van der Waals surface area contributed by atoms with Crippen LogP contribution in [0.5, 0.6) is 0 Å². The van der Waals surface area contributed by atoms with E-state index >= 15 is 0 Å². The highest BCUT2D eigenvalue weighted by Crippen LogP contribution is 2.10. The Morgan fingerprint density at radius 1 is 1.39 bits per heavy atom. The van der Waals surface area contributed by atoms with Crippen molar-refractivity contribution in [2.75, 3.05) is 32.8 Å². The molecule has 0 radical (unpaired) electrons. The summed E-state index contributed by atoms with van der Waals surface area (Å²) in [7, 11) is 0. The first-order chi connectivity index (χ1) is 8.79. The number of hydrogen-bond acceptors (Lipinski definition) is 3. The molecule has 1 aromatic carbocycles. The van der Waals surface area contributed by atoms with E-state index in [1.165, 1.54) is 5.56 Å². The molecule has 1 N–H and O–H groups in total. The van der Waals surface area contributed by atoms with Crippen molar-refractivity contribution >= 4 is 5.91 Å². The predicted octanol–water partition coefficient (Wildman–Crippen LogP) is 1.27. The highest BCUT2D eigenvalue weighted by molar-refractivity contribution is 5.94. The fourth-order valence-electron chi connectivity index (χ4n) is 2.09. The van der Waals surface area contributed by atoms with E-state index in [-0.39, 0.29) is 5.91 Å². The van der Waals surface area contributed by atoms with Crippen molar-refractivity contribution in [3.8, 4) is 0 Å². The van der Waals surface area contributed by atoms with Gasteiger partial charge in [0.2, 0.25) is 0 Å². The maximum atomic E-state index is 11.7. The van der Waals surface area contributed by atoms with E-state index in [2.05, 4.69) is 16.3 Å². The number of carbonyl (C=O) groups excluding carboxylic acids is 1. The SMILES string of the molecule is CCNC(=O)c1cccc(CN2CCOCC2)c1. The number of amides is 1. The van der Waals surface area contributed by atoms with Gasteiger partial charge in [-0.3, -0.25) is 9.69 Å². The molecule has 1 amide bonds. The molecule has 2 rings (SSSR count). The van der Waals surface area contributed by atoms with Crippen LogP contribution in [0.15, 0.2) is 24.3 Å². The topological polar surface area (TPSA) is 41.6 Å². The van der Waals surface area contributed by atoms with E-state index in [4.69, 9.17) is 4.74 Å². The molecule has 4 heteroatoms. The van der Waals surface area contributed by atoms with Crippen LogP contribution < -0.4 is 5.32 Å². The molecule has 98 valence electrons. The zero-order valence-electron chi connectivity index (χ0n) is 10.8. The lowest BCUT2D eigenvalue weighted by molar-refractivity contribution is 0.0342. The van der Waals surface area contributed by atoms with Gasteiger partial charge in [-0.05, 0) is 24.6 Å². The minimum atomic E-state index is 0.00123. The second kappa shape index (κ2) is 6.52. The summed E-state index contributed by atoms with van der Waals surface area (Å²) >= 11 is 0. The van der Waals surface area contributed by atoms with Crippen molar-refractivity contribution in [1.29, 1.82) is 0 Å². The van der Waals surface area contributed by atoms with Gasteiger partial charge in [0, 0.05) is 31.7 Å². The molecule has 1 saturated heterocycles. The molecule has 18 heavy (non-hydrogen) atoms. The molecular weight excluding hydrogens is 228 g/mol. The lowest BCUT2D eigenvalue weighted by atomic mass is 10.1. The van der Waals surface area contributed by atoms with Crippen molar-refractivity contribution in [3.63, 3.8) is 0 Å². The molecule has 1 aromatic rings. The first kappa shape index (κ1) is 13.1. The first-order valence-electron chi connectivity index (χ1n) is 6.47. The van der Waals surface area contributed by atoms with Crippen LogP contribution in [0.1, 0.15) is 22.8 Å². The van der Waals surface area contributed by atoms with Crippen LogP contribution in [-0.2, 0) is 11.3 Å². The zero-order valence-corrected chi connectivity index (χ0v) is 10.8. The summed E-state index contributed by atoms with van der Waals surface area (Å²) in [5.41, 5.74) is 1.92. The third-order valence-corrected chi connectivity index (χ3v) is 3.04. The molecule has 4 nitrogen and oxygen atoms in total. The number of nitrogens with one attached hydrogen (secondary N) is 1. The van der Waals surface area contributed by atoms with E-state index in [1.54, 1.807) is 0 Å². The van der Waals surface area contributed by atoms with Crippen molar-refractivity contribution in [3.05, 3.63) is 35.4 Å². The quantitative estimate of drug-likeness (QED) is 0.872. The summed E-state index contributed by atoms with van der Waals surface area (Å²) in [5.74, 6) is 0.00123. The minimum Gasteiger partial charge on any atom is -0.379 e. The zero-order chi connectivity index (χ0) is 12.8. The fraction of sp³-hybridized carbons (Fsp3) is 0.500. The Morgan fingerprint density at radius 2 is 2.17 bits per heavy atom. The summed E-state index contributed by atoms with van der Waals surface area (Å²) in [4.78, 5) is 14.1. The molecule has 1 aliphatic heterocycles. The Balaban J connectivity index is 2.00. The normalized spacial score (nSPS) is 16.5. The van der Waals surface area contributed by atoms with Gasteiger partial charge in [-0.2, -0.15) is 0 Å². The van der Waals surface area contributed by atoms with Gasteiger partial charge in [0.1, 0.15) is 0 Å². The molecule has 1 aliphatic rings. The Labute approximate surface area is 108 Å². The average Bonchev–Trinajstić information content (AvgIpc) is 2.40. The van der Waals surface area contributed by atoms with Crippen molar-refractivity contribution in [2.24, 2.45) is 0 Å². The second-order valence-electron chi connectivity index (χ2n) is 4.45. The molecular formula is C14H20N2O2. The molecule has 1 fully saturated rings. The standard InChI is InChI=1S/C14H20N2O2/c1-2-15-14(17)13-5-3-4-12(10-13)11-16-6-8-18-9-7-16/h3-5,10H,2,6-9,11H2,1H3,(H,15,17). The fourth-order valence-corrected chi connectivity index (χ4v) is 2.09. The van der Waals surface area contributed by atoms with Crippen LogP contribution in [0.4, 0.5) is 0 Å². The van der Waals surface area contributed by atoms with Gasteiger partial charge >= 0.3 is 0 Å². The molecule has 1 heterocycles. The van der Waals surface area contributed by atoms with Crippen molar-refractivity contribution in [2.45, 2.75) is 13.5 Å². The van der Waals surface area contributed by atoms with Crippen LogP contribution in [0.3, 0.4) is 0 Å². The van der Waals surface area contributed by atoms with E-state index in [9.17, 15) is 4.79 Å². The summed E-state index contributed by atoms with van der Waals surface area (Å²) in [6, 6.07) is 7.84. The lowest BCUT2D eigenvalue weighted by Gasteiger charge is -2.26. The maximum absolute atomic E-state index is 11.7. The number of ether oxygens (including phenoxy) is 1. The Hall–Kier alpha value is -1.39. The monoisotopic (exact) mass is 248 g/mol. The lowest BCUT2D eigenvalue weighted by Crippen LogP contribution is -2.35. The van der Waals surface area contributed by atoms with E-state index in [0.29, 0.717) is 6.54 Å². The van der Waals surface area contributed by atoms with Gasteiger partial charge in [-0.25, -0.2) is 0 Å². The summed E-state index contributed by atoms with van der Waals surface area (Å²) < 4.78 is 5.33. The Kier molecular flexibility index (Phi) is 4.73. The van der Waals surface area contributed by atoms with Crippen molar-refractivity contribution < 1.29 is 9.53 Å². The van der Waals surface area contributed by atoms with Gasteiger partial charge in [-0.15, -0.1) is 0 Å². The predicted molar refractivity (Wildman–Crippen MR) is 70.5 cm³/mol. The highest BCUT2D eigenvalue weighted by Gasteiger charge is 2.11. The van der Waals surface area contributed by atoms with E-state index in [1.807, 2.05) is 25.1 Å². The summed E-state index contributed by atoms with van der Waals surface area (Å²) in [5, 5.41) is 2.82. The Morgan fingerprint density at radius 3 is 2.89 bits per heavy atom. The highest BCUT2D eigenvalue weighted by atomic mass is 16.5. The Bertz CT molecular complexity index is 401. The molecule has 0 aromatic heterocycles. The maximum Gasteiger partial charge on any atom is 0.251 e. The van der Waals surface area contributed by atoms with Crippen molar-refractivity contribution in [1.82, 2.24) is 10.2 Å². The van der Waals surface area contributed by atoms with Gasteiger partial charge < -0.3 is 10.1 Å². The van der Waals surface area contributed by atoms with Crippen LogP contribution in [0.2, 0.25) is 0 Å². The number of rotatable bonds is 4. The van der Waals surface area contributed by atoms with Crippen LogP contribution in [0, 0.1) is 0 Å². The third-order valence-electron chi connectivity index (χ3n) is 3.04. The summed E-state index contributed by atoms with van der Waals surface area (Å²) in [6.07, 6.45) is 0. The number of benzene rings is 1. The number of morpholine rings is 1. The average molecular weight is 248 g/mol. The number of carbonyl (C=O) groups is 1. The van der Waals surface area contributed by atoms with Gasteiger partial charge in [0.15, 0.2) is 0 Å². The summed E-state index contributed by atoms with van der Waals surface area (Å²) in [6.45, 7) is 7.00. The smallest absolute Gasteiger partial charge is 0.251 e. The first-order valence-corrected chi connectivity index (χ1v) is 6.47. The van der Waals surface area contributed by atoms with E-state index in [0.717, 1.165) is 38.4 Å². The van der Waals surface area contributed by atoms with Gasteiger partial charge in [0.05, 0.1) is 13.2 Å². The number of nitrogens with zero attached hydrogens (tertiary/aromatic N) is 1. The molecule has 0 atom stereocenters. The molecule has 0 bridgehead atoms. The van der Waals surface area contributed by atoms with Crippen LogP contribution >= 0.6 is 0 Å². The second-order valence-corrected chi connectivity index (χ2v) is 4.45. The molecule has 0 aliphatic carbocycles. The number of hydrogen-bond donors (Lipinski definition) is 1. The minimum absolute atomic E-state index is 0.00123. The van der Waals surface area contributed by atoms with E-state index < -0.39 is 0 Å². The van der Waals surface area contributed by atoms with Crippen LogP contribution in [-0.4, -0.2) is 43.7 Å². The van der Waals surface area contributed by atoms with Crippen LogP contribution in [0.25, 0.3) is 0 Å². The molecule has 0 unspecified atom stereocenters. The largest absolute Gasteiger partial charge is 0.379 e. The van der Waals surface area contributed by atoms with Gasteiger partial charge in [-0.1, -0.05) is 12.1 Å². The molecule has 0 spiro atoms.